The SMILES string of the molecule is CCNCC.CCOC(=O)c1ccc(N)cc1Oc1cnc2[nH]ccc2c1. The van der Waals surface area contributed by atoms with Crippen molar-refractivity contribution in [3.63, 3.8) is 0 Å². The van der Waals surface area contributed by atoms with Crippen LogP contribution in [-0.2, 0) is 4.74 Å². The lowest BCUT2D eigenvalue weighted by molar-refractivity contribution is 0.0523. The first-order chi connectivity index (χ1) is 13.1. The summed E-state index contributed by atoms with van der Waals surface area (Å²) < 4.78 is 10.8. The Morgan fingerprint density at radius 2 is 1.96 bits per heavy atom. The Balaban J connectivity index is 0.000000465. The number of nitrogen functional groups attached to an aromatic ring is 1. The molecule has 0 radical (unpaired) electrons. The Morgan fingerprint density at radius 1 is 1.19 bits per heavy atom. The maximum absolute atomic E-state index is 12.0. The van der Waals surface area contributed by atoms with Crippen molar-refractivity contribution in [3.05, 3.63) is 48.3 Å². The van der Waals surface area contributed by atoms with Crippen LogP contribution in [0.15, 0.2) is 42.7 Å². The molecule has 3 rings (SSSR count). The third-order valence-electron chi connectivity index (χ3n) is 3.60. The molecule has 7 nitrogen and oxygen atoms in total. The van der Waals surface area contributed by atoms with Gasteiger partial charge >= 0.3 is 5.97 Å². The lowest BCUT2D eigenvalue weighted by Crippen LogP contribution is -2.09. The number of hydrogen-bond donors (Lipinski definition) is 3. The molecule has 4 N–H and O–H groups in total. The van der Waals surface area contributed by atoms with Gasteiger partial charge in [0.25, 0.3) is 0 Å². The summed E-state index contributed by atoms with van der Waals surface area (Å²) in [6, 6.07) is 8.53. The Bertz CT molecular complexity index is 875. The molecule has 27 heavy (non-hydrogen) atoms. The largest absolute Gasteiger partial charge is 0.462 e. The number of nitrogens with two attached hydrogens (primary N) is 1. The van der Waals surface area contributed by atoms with Crippen molar-refractivity contribution in [2.45, 2.75) is 20.8 Å². The number of esters is 1. The van der Waals surface area contributed by atoms with Crippen molar-refractivity contribution >= 4 is 22.7 Å². The molecule has 0 fully saturated rings. The number of carbonyl (C=O) groups is 1. The highest BCUT2D eigenvalue weighted by atomic mass is 16.5. The van der Waals surface area contributed by atoms with E-state index in [0.29, 0.717) is 29.4 Å². The summed E-state index contributed by atoms with van der Waals surface area (Å²) in [6.45, 7) is 8.43. The molecule has 0 atom stereocenters. The second kappa shape index (κ2) is 10.2. The molecule has 0 spiro atoms. The lowest BCUT2D eigenvalue weighted by atomic mass is 10.2. The van der Waals surface area contributed by atoms with Gasteiger partial charge in [-0.1, -0.05) is 13.8 Å². The van der Waals surface area contributed by atoms with Gasteiger partial charge in [-0.2, -0.15) is 0 Å². The van der Waals surface area contributed by atoms with Crippen LogP contribution in [0.3, 0.4) is 0 Å². The topological polar surface area (TPSA) is 102 Å². The number of carbonyl (C=O) groups excluding carboxylic acids is 1. The van der Waals surface area contributed by atoms with E-state index in [-0.39, 0.29) is 0 Å². The van der Waals surface area contributed by atoms with E-state index in [9.17, 15) is 4.79 Å². The third kappa shape index (κ3) is 5.72. The van der Waals surface area contributed by atoms with Gasteiger partial charge in [0.05, 0.1) is 12.8 Å². The molecule has 3 aromatic rings. The summed E-state index contributed by atoms with van der Waals surface area (Å²) in [4.78, 5) is 19.2. The zero-order valence-corrected chi connectivity index (χ0v) is 15.9. The van der Waals surface area contributed by atoms with Crippen LogP contribution in [0.2, 0.25) is 0 Å². The number of hydrogen-bond acceptors (Lipinski definition) is 6. The first kappa shape index (κ1) is 20.3. The van der Waals surface area contributed by atoms with Crippen molar-refractivity contribution in [3.8, 4) is 11.5 Å². The second-order valence-electron chi connectivity index (χ2n) is 5.62. The number of nitrogens with zero attached hydrogens (tertiary/aromatic N) is 1. The highest BCUT2D eigenvalue weighted by Gasteiger charge is 2.15. The summed E-state index contributed by atoms with van der Waals surface area (Å²) in [7, 11) is 0. The van der Waals surface area contributed by atoms with Crippen LogP contribution in [0.1, 0.15) is 31.1 Å². The number of H-pyrrole nitrogens is 1. The lowest BCUT2D eigenvalue weighted by Gasteiger charge is -2.11. The minimum Gasteiger partial charge on any atom is -0.462 e. The number of nitrogens with one attached hydrogen (secondary N) is 2. The van der Waals surface area contributed by atoms with Crippen molar-refractivity contribution in [2.24, 2.45) is 0 Å². The van der Waals surface area contributed by atoms with E-state index in [4.69, 9.17) is 15.2 Å². The van der Waals surface area contributed by atoms with Gasteiger partial charge in [-0.25, -0.2) is 9.78 Å². The zero-order chi connectivity index (χ0) is 19.6. The van der Waals surface area contributed by atoms with E-state index in [0.717, 1.165) is 24.1 Å². The molecule has 7 heteroatoms. The van der Waals surface area contributed by atoms with Gasteiger partial charge in [0.15, 0.2) is 0 Å². The molecule has 0 bridgehead atoms. The first-order valence-electron chi connectivity index (χ1n) is 8.97. The molecule has 1 aromatic carbocycles. The number of rotatable bonds is 6. The van der Waals surface area contributed by atoms with Crippen LogP contribution in [0.25, 0.3) is 11.0 Å². The number of aromatic amines is 1. The number of benzene rings is 1. The zero-order valence-electron chi connectivity index (χ0n) is 15.9. The molecule has 0 saturated carbocycles. The number of fused-ring (bicyclic) bond motifs is 1. The van der Waals surface area contributed by atoms with Crippen molar-refractivity contribution in [2.75, 3.05) is 25.4 Å². The van der Waals surface area contributed by atoms with E-state index in [2.05, 4.69) is 29.1 Å². The molecule has 144 valence electrons. The highest BCUT2D eigenvalue weighted by Crippen LogP contribution is 2.29. The standard InChI is InChI=1S/C16H15N3O3.C4H11N/c1-2-21-16(20)13-4-3-11(17)8-14(13)22-12-7-10-5-6-18-15(10)19-9-12;1-3-5-4-2/h3-9H,2,17H2,1H3,(H,18,19);5H,3-4H2,1-2H3. The van der Waals surface area contributed by atoms with Crippen molar-refractivity contribution < 1.29 is 14.3 Å². The first-order valence-corrected chi connectivity index (χ1v) is 8.97. The molecule has 0 saturated heterocycles. The van der Waals surface area contributed by atoms with E-state index in [1.165, 1.54) is 0 Å². The molecule has 2 heterocycles. The van der Waals surface area contributed by atoms with E-state index in [1.54, 1.807) is 37.5 Å². The summed E-state index contributed by atoms with van der Waals surface area (Å²) in [5.74, 6) is 0.409. The summed E-state index contributed by atoms with van der Waals surface area (Å²) in [6.07, 6.45) is 3.38. The Hall–Kier alpha value is -3.06. The van der Waals surface area contributed by atoms with Gasteiger partial charge in [0.1, 0.15) is 22.7 Å². The van der Waals surface area contributed by atoms with Gasteiger partial charge in [-0.15, -0.1) is 0 Å². The average Bonchev–Trinajstić information content (AvgIpc) is 3.11. The van der Waals surface area contributed by atoms with Crippen molar-refractivity contribution in [1.29, 1.82) is 0 Å². The molecule has 0 aliphatic carbocycles. The van der Waals surface area contributed by atoms with E-state index in [1.807, 2.05) is 12.1 Å². The second-order valence-corrected chi connectivity index (χ2v) is 5.62. The smallest absolute Gasteiger partial charge is 0.341 e. The molecule has 2 aromatic heterocycles. The fourth-order valence-electron chi connectivity index (χ4n) is 2.35. The van der Waals surface area contributed by atoms with Gasteiger partial charge in [0, 0.05) is 23.3 Å². The molecule has 0 aliphatic rings. The number of pyridine rings is 1. The fourth-order valence-corrected chi connectivity index (χ4v) is 2.35. The number of aromatic nitrogens is 2. The van der Waals surface area contributed by atoms with Gasteiger partial charge < -0.3 is 25.5 Å². The number of anilines is 1. The van der Waals surface area contributed by atoms with Crippen LogP contribution in [0.5, 0.6) is 11.5 Å². The quantitative estimate of drug-likeness (QED) is 0.451. The van der Waals surface area contributed by atoms with Crippen LogP contribution < -0.4 is 15.8 Å². The van der Waals surface area contributed by atoms with Crippen molar-refractivity contribution in [1.82, 2.24) is 15.3 Å². The maximum atomic E-state index is 12.0. The van der Waals surface area contributed by atoms with Gasteiger partial charge in [0.2, 0.25) is 0 Å². The maximum Gasteiger partial charge on any atom is 0.341 e. The Labute approximate surface area is 158 Å². The molecule has 0 amide bonds. The highest BCUT2D eigenvalue weighted by molar-refractivity contribution is 5.93. The van der Waals surface area contributed by atoms with E-state index < -0.39 is 5.97 Å². The normalized spacial score (nSPS) is 10.2. The molecule has 0 unspecified atom stereocenters. The van der Waals surface area contributed by atoms with Crippen LogP contribution in [0.4, 0.5) is 5.69 Å². The Kier molecular flexibility index (Phi) is 7.63. The van der Waals surface area contributed by atoms with Crippen LogP contribution in [0, 0.1) is 0 Å². The summed E-state index contributed by atoms with van der Waals surface area (Å²) >= 11 is 0. The Morgan fingerprint density at radius 3 is 2.63 bits per heavy atom. The van der Waals surface area contributed by atoms with Gasteiger partial charge in [-0.3, -0.25) is 0 Å². The third-order valence-corrected chi connectivity index (χ3v) is 3.60. The fraction of sp³-hybridized carbons (Fsp3) is 0.300. The summed E-state index contributed by atoms with van der Waals surface area (Å²) in [5, 5.41) is 4.03. The summed E-state index contributed by atoms with van der Waals surface area (Å²) in [5.41, 5.74) is 7.37. The average molecular weight is 370 g/mol. The molecular formula is C20H26N4O3. The van der Waals surface area contributed by atoms with Crippen LogP contribution >= 0.6 is 0 Å². The predicted octanol–water partition coefficient (Wildman–Crippen LogP) is 3.73. The minimum atomic E-state index is -0.451. The molecular weight excluding hydrogens is 344 g/mol. The van der Waals surface area contributed by atoms with Crippen LogP contribution in [-0.4, -0.2) is 35.6 Å². The van der Waals surface area contributed by atoms with E-state index >= 15 is 0 Å². The predicted molar refractivity (Wildman–Crippen MR) is 107 cm³/mol. The minimum absolute atomic E-state index is 0.291. The van der Waals surface area contributed by atoms with Gasteiger partial charge in [-0.05, 0) is 44.3 Å². The number of ether oxygens (including phenoxy) is 2. The monoisotopic (exact) mass is 370 g/mol. The molecule has 0 aliphatic heterocycles.